The summed E-state index contributed by atoms with van der Waals surface area (Å²) in [5.74, 6) is 2.79. The molecule has 1 fully saturated rings. The van der Waals surface area contributed by atoms with Crippen LogP contribution in [0.5, 0.6) is 0 Å². The van der Waals surface area contributed by atoms with Crippen LogP contribution in [0.3, 0.4) is 0 Å². The molecule has 1 aliphatic heterocycles. The normalized spacial score (nSPS) is 18.1. The van der Waals surface area contributed by atoms with Gasteiger partial charge in [0, 0.05) is 19.5 Å². The summed E-state index contributed by atoms with van der Waals surface area (Å²) in [7, 11) is 0. The third-order valence-electron chi connectivity index (χ3n) is 2.16. The Labute approximate surface area is 79.5 Å². The highest BCUT2D eigenvalue weighted by molar-refractivity contribution is 5.78. The number of unbranched alkanes of at least 4 members (excludes halogenated alkanes) is 1. The summed E-state index contributed by atoms with van der Waals surface area (Å²) in [4.78, 5) is 13.3. The van der Waals surface area contributed by atoms with Gasteiger partial charge in [-0.2, -0.15) is 0 Å². The lowest BCUT2D eigenvalue weighted by Gasteiger charge is -2.19. The quantitative estimate of drug-likeness (QED) is 0.498. The first-order valence-electron chi connectivity index (χ1n) is 4.76. The third kappa shape index (κ3) is 3.47. The Morgan fingerprint density at radius 3 is 3.23 bits per heavy atom. The zero-order valence-electron chi connectivity index (χ0n) is 7.88. The molecule has 0 aromatic rings. The van der Waals surface area contributed by atoms with Gasteiger partial charge in [0.05, 0.1) is 6.54 Å². The van der Waals surface area contributed by atoms with E-state index in [4.69, 9.17) is 6.42 Å². The lowest BCUT2D eigenvalue weighted by molar-refractivity contribution is -0.129. The van der Waals surface area contributed by atoms with Crippen LogP contribution in [0.2, 0.25) is 0 Å². The molecule has 0 aromatic carbocycles. The van der Waals surface area contributed by atoms with E-state index in [1.165, 1.54) is 0 Å². The maximum Gasteiger partial charge on any atom is 0.236 e. The largest absolute Gasteiger partial charge is 0.342 e. The molecule has 1 amide bonds. The van der Waals surface area contributed by atoms with Gasteiger partial charge < -0.3 is 10.2 Å². The fraction of sp³-hybridized carbons (Fsp3) is 0.700. The standard InChI is InChI=1S/C10H16N2O/c1-2-3-4-7-12-8-5-6-11-9-10(12)13/h1,11H,3-9H2. The first kappa shape index (κ1) is 10.1. The van der Waals surface area contributed by atoms with E-state index in [0.717, 1.165) is 38.9 Å². The fourth-order valence-electron chi connectivity index (χ4n) is 1.44. The maximum absolute atomic E-state index is 11.4. The van der Waals surface area contributed by atoms with Crippen molar-refractivity contribution in [3.8, 4) is 12.3 Å². The molecular formula is C10H16N2O. The second kappa shape index (κ2) is 5.60. The topological polar surface area (TPSA) is 32.3 Å². The summed E-state index contributed by atoms with van der Waals surface area (Å²) < 4.78 is 0. The van der Waals surface area contributed by atoms with E-state index in [9.17, 15) is 4.79 Å². The van der Waals surface area contributed by atoms with Crippen LogP contribution in [0.1, 0.15) is 19.3 Å². The Balaban J connectivity index is 2.29. The molecule has 1 N–H and O–H groups in total. The molecule has 1 rings (SSSR count). The van der Waals surface area contributed by atoms with Gasteiger partial charge in [0.2, 0.25) is 5.91 Å². The van der Waals surface area contributed by atoms with Crippen LogP contribution in [0.4, 0.5) is 0 Å². The Morgan fingerprint density at radius 1 is 1.62 bits per heavy atom. The third-order valence-corrected chi connectivity index (χ3v) is 2.16. The first-order valence-corrected chi connectivity index (χ1v) is 4.76. The molecule has 3 nitrogen and oxygen atoms in total. The molecule has 0 radical (unpaired) electrons. The molecule has 0 atom stereocenters. The molecule has 0 aromatic heterocycles. The Hall–Kier alpha value is -1.01. The molecule has 1 aliphatic rings. The lowest BCUT2D eigenvalue weighted by Crippen LogP contribution is -2.35. The second-order valence-corrected chi connectivity index (χ2v) is 3.22. The molecule has 0 aliphatic carbocycles. The fourth-order valence-corrected chi connectivity index (χ4v) is 1.44. The number of terminal acetylenes is 1. The lowest BCUT2D eigenvalue weighted by atomic mass is 10.3. The number of carbonyl (C=O) groups is 1. The van der Waals surface area contributed by atoms with E-state index in [-0.39, 0.29) is 5.91 Å². The van der Waals surface area contributed by atoms with Gasteiger partial charge in [-0.15, -0.1) is 12.3 Å². The van der Waals surface area contributed by atoms with Crippen LogP contribution in [-0.4, -0.2) is 37.0 Å². The van der Waals surface area contributed by atoms with Crippen LogP contribution in [-0.2, 0) is 4.79 Å². The number of hydrogen-bond acceptors (Lipinski definition) is 2. The van der Waals surface area contributed by atoms with E-state index < -0.39 is 0 Å². The van der Waals surface area contributed by atoms with E-state index >= 15 is 0 Å². The molecule has 1 saturated heterocycles. The van der Waals surface area contributed by atoms with Crippen molar-refractivity contribution in [1.82, 2.24) is 10.2 Å². The summed E-state index contributed by atoms with van der Waals surface area (Å²) in [6.45, 7) is 3.11. The van der Waals surface area contributed by atoms with Gasteiger partial charge in [-0.3, -0.25) is 4.79 Å². The summed E-state index contributed by atoms with van der Waals surface area (Å²) in [6, 6.07) is 0. The minimum atomic E-state index is 0.203. The minimum Gasteiger partial charge on any atom is -0.342 e. The van der Waals surface area contributed by atoms with Crippen molar-refractivity contribution in [2.45, 2.75) is 19.3 Å². The van der Waals surface area contributed by atoms with Crippen molar-refractivity contribution < 1.29 is 4.79 Å². The number of nitrogens with zero attached hydrogens (tertiary/aromatic N) is 1. The van der Waals surface area contributed by atoms with Crippen molar-refractivity contribution in [3.05, 3.63) is 0 Å². The number of rotatable bonds is 3. The van der Waals surface area contributed by atoms with Gasteiger partial charge in [0.25, 0.3) is 0 Å². The molecule has 1 heterocycles. The number of hydrogen-bond donors (Lipinski definition) is 1. The van der Waals surface area contributed by atoms with E-state index in [1.54, 1.807) is 0 Å². The van der Waals surface area contributed by atoms with Gasteiger partial charge in [-0.05, 0) is 19.4 Å². The highest BCUT2D eigenvalue weighted by atomic mass is 16.2. The van der Waals surface area contributed by atoms with Crippen LogP contribution in [0, 0.1) is 12.3 Å². The monoisotopic (exact) mass is 180 g/mol. The van der Waals surface area contributed by atoms with Crippen molar-refractivity contribution in [2.75, 3.05) is 26.2 Å². The predicted molar refractivity (Wildman–Crippen MR) is 52.1 cm³/mol. The molecule has 72 valence electrons. The van der Waals surface area contributed by atoms with E-state index in [2.05, 4.69) is 11.2 Å². The summed E-state index contributed by atoms with van der Waals surface area (Å²) in [5, 5.41) is 3.09. The van der Waals surface area contributed by atoms with Crippen molar-refractivity contribution >= 4 is 5.91 Å². The molecule has 0 bridgehead atoms. The molecule has 0 spiro atoms. The predicted octanol–water partition coefficient (Wildman–Crippen LogP) is 0.222. The molecule has 13 heavy (non-hydrogen) atoms. The molecular weight excluding hydrogens is 164 g/mol. The van der Waals surface area contributed by atoms with Crippen molar-refractivity contribution in [3.63, 3.8) is 0 Å². The molecule has 3 heteroatoms. The Kier molecular flexibility index (Phi) is 4.34. The minimum absolute atomic E-state index is 0.203. The summed E-state index contributed by atoms with van der Waals surface area (Å²) in [5.41, 5.74) is 0. The zero-order chi connectivity index (χ0) is 9.52. The van der Waals surface area contributed by atoms with Crippen LogP contribution < -0.4 is 5.32 Å². The SMILES string of the molecule is C#CCCCN1CCCNCC1=O. The first-order chi connectivity index (χ1) is 6.34. The summed E-state index contributed by atoms with van der Waals surface area (Å²) >= 11 is 0. The van der Waals surface area contributed by atoms with Gasteiger partial charge >= 0.3 is 0 Å². The van der Waals surface area contributed by atoms with Crippen LogP contribution in [0.25, 0.3) is 0 Å². The van der Waals surface area contributed by atoms with Gasteiger partial charge in [0.15, 0.2) is 0 Å². The molecule has 0 unspecified atom stereocenters. The van der Waals surface area contributed by atoms with Crippen LogP contribution >= 0.6 is 0 Å². The Bertz CT molecular complexity index is 207. The number of carbonyl (C=O) groups excluding carboxylic acids is 1. The summed E-state index contributed by atoms with van der Waals surface area (Å²) in [6.07, 6.45) is 7.87. The zero-order valence-corrected chi connectivity index (χ0v) is 7.88. The maximum atomic E-state index is 11.4. The smallest absolute Gasteiger partial charge is 0.236 e. The van der Waals surface area contributed by atoms with Crippen molar-refractivity contribution in [1.29, 1.82) is 0 Å². The van der Waals surface area contributed by atoms with Gasteiger partial charge in [-0.1, -0.05) is 0 Å². The average Bonchev–Trinajstić information content (AvgIpc) is 2.32. The number of nitrogens with one attached hydrogen (secondary N) is 1. The van der Waals surface area contributed by atoms with Gasteiger partial charge in [-0.25, -0.2) is 0 Å². The van der Waals surface area contributed by atoms with Gasteiger partial charge in [0.1, 0.15) is 0 Å². The van der Waals surface area contributed by atoms with Crippen LogP contribution in [0.15, 0.2) is 0 Å². The highest BCUT2D eigenvalue weighted by Crippen LogP contribution is 1.99. The van der Waals surface area contributed by atoms with Crippen molar-refractivity contribution in [2.24, 2.45) is 0 Å². The second-order valence-electron chi connectivity index (χ2n) is 3.22. The molecule has 0 saturated carbocycles. The average molecular weight is 180 g/mol. The van der Waals surface area contributed by atoms with E-state index in [1.807, 2.05) is 4.90 Å². The number of amides is 1. The Morgan fingerprint density at radius 2 is 2.46 bits per heavy atom. The van der Waals surface area contributed by atoms with E-state index in [0.29, 0.717) is 6.54 Å². The highest BCUT2D eigenvalue weighted by Gasteiger charge is 2.14.